The fourth-order valence-corrected chi connectivity index (χ4v) is 3.32. The third-order valence-electron chi connectivity index (χ3n) is 4.84. The van der Waals surface area contributed by atoms with Crippen LogP contribution in [0.5, 0.6) is 17.2 Å². The monoisotopic (exact) mass is 411 g/mol. The van der Waals surface area contributed by atoms with Crippen molar-refractivity contribution in [1.82, 2.24) is 10.7 Å². The zero-order valence-corrected chi connectivity index (χ0v) is 17.3. The first-order chi connectivity index (χ1) is 14.7. The number of amides is 2. The van der Waals surface area contributed by atoms with Gasteiger partial charge in [-0.3, -0.25) is 0 Å². The molecule has 2 amide bonds. The molecule has 1 aliphatic carbocycles. The number of hydrogen-bond acceptors (Lipinski definition) is 5. The number of ether oxygens (including phenoxy) is 3. The minimum atomic E-state index is -0.264. The molecule has 3 rings (SSSR count). The van der Waals surface area contributed by atoms with Crippen LogP contribution in [0.2, 0.25) is 0 Å². The molecule has 0 atom stereocenters. The van der Waals surface area contributed by atoms with Gasteiger partial charge >= 0.3 is 6.03 Å². The molecule has 2 N–H and O–H groups in total. The lowest BCUT2D eigenvalue weighted by atomic mass is 9.96. The van der Waals surface area contributed by atoms with Crippen molar-refractivity contribution in [3.05, 3.63) is 54.1 Å². The summed E-state index contributed by atoms with van der Waals surface area (Å²) in [7, 11) is 1.62. The summed E-state index contributed by atoms with van der Waals surface area (Å²) in [6.07, 6.45) is 7.27. The first-order valence-corrected chi connectivity index (χ1v) is 10.3. The Labute approximate surface area is 177 Å². The van der Waals surface area contributed by atoms with Crippen molar-refractivity contribution in [2.75, 3.05) is 20.3 Å². The molecule has 1 aliphatic rings. The van der Waals surface area contributed by atoms with E-state index in [1.807, 2.05) is 48.5 Å². The number of urea groups is 1. The molecule has 2 aromatic carbocycles. The van der Waals surface area contributed by atoms with E-state index in [0.717, 1.165) is 29.9 Å². The normalized spacial score (nSPS) is 14.3. The Hall–Kier alpha value is -3.22. The average Bonchev–Trinajstić information content (AvgIpc) is 2.78. The van der Waals surface area contributed by atoms with Gasteiger partial charge in [-0.15, -0.1) is 0 Å². The first kappa shape index (κ1) is 21.5. The van der Waals surface area contributed by atoms with Gasteiger partial charge in [0.25, 0.3) is 0 Å². The molecule has 160 valence electrons. The lowest BCUT2D eigenvalue weighted by Crippen LogP contribution is -2.41. The third kappa shape index (κ3) is 7.31. The van der Waals surface area contributed by atoms with Gasteiger partial charge in [-0.25, -0.2) is 10.2 Å². The van der Waals surface area contributed by atoms with Gasteiger partial charge in [0.1, 0.15) is 30.5 Å². The molecule has 30 heavy (non-hydrogen) atoms. The quantitative estimate of drug-likeness (QED) is 0.369. The molecule has 1 saturated carbocycles. The topological polar surface area (TPSA) is 81.2 Å². The van der Waals surface area contributed by atoms with Crippen LogP contribution in [0.1, 0.15) is 37.7 Å². The summed E-state index contributed by atoms with van der Waals surface area (Å²) in [4.78, 5) is 11.9. The molecule has 7 heteroatoms. The number of nitrogens with zero attached hydrogens (tertiary/aromatic N) is 1. The summed E-state index contributed by atoms with van der Waals surface area (Å²) in [5.74, 6) is 2.19. The van der Waals surface area contributed by atoms with Gasteiger partial charge in [0, 0.05) is 12.1 Å². The Morgan fingerprint density at radius 1 is 1.00 bits per heavy atom. The van der Waals surface area contributed by atoms with Gasteiger partial charge < -0.3 is 19.5 Å². The van der Waals surface area contributed by atoms with Crippen LogP contribution < -0.4 is 25.0 Å². The van der Waals surface area contributed by atoms with Gasteiger partial charge in [-0.2, -0.15) is 5.10 Å². The van der Waals surface area contributed by atoms with E-state index in [1.165, 1.54) is 19.3 Å². The van der Waals surface area contributed by atoms with Crippen LogP contribution in [0.3, 0.4) is 0 Å². The van der Waals surface area contributed by atoms with Crippen molar-refractivity contribution < 1.29 is 19.0 Å². The zero-order chi connectivity index (χ0) is 21.0. The van der Waals surface area contributed by atoms with E-state index in [2.05, 4.69) is 15.8 Å². The summed E-state index contributed by atoms with van der Waals surface area (Å²) in [6.45, 7) is 0.814. The fourth-order valence-electron chi connectivity index (χ4n) is 3.32. The maximum absolute atomic E-state index is 11.9. The number of hydrazone groups is 1. The molecule has 0 aliphatic heterocycles. The van der Waals surface area contributed by atoms with E-state index >= 15 is 0 Å². The van der Waals surface area contributed by atoms with Gasteiger partial charge in [0.2, 0.25) is 0 Å². The maximum atomic E-state index is 11.9. The maximum Gasteiger partial charge on any atom is 0.335 e. The number of benzene rings is 2. The van der Waals surface area contributed by atoms with E-state index in [-0.39, 0.29) is 12.1 Å². The number of methoxy groups -OCH3 is 1. The number of rotatable bonds is 9. The van der Waals surface area contributed by atoms with Crippen molar-refractivity contribution in [3.8, 4) is 17.2 Å². The Bertz CT molecular complexity index is 835. The minimum absolute atomic E-state index is 0.255. The van der Waals surface area contributed by atoms with Crippen LogP contribution in [-0.2, 0) is 0 Å². The molecule has 0 saturated heterocycles. The van der Waals surface area contributed by atoms with E-state index in [4.69, 9.17) is 14.2 Å². The molecule has 0 aromatic heterocycles. The van der Waals surface area contributed by atoms with Crippen LogP contribution in [0.4, 0.5) is 4.79 Å². The Balaban J connectivity index is 1.39. The second kappa shape index (κ2) is 11.7. The molecule has 0 spiro atoms. The highest BCUT2D eigenvalue weighted by Gasteiger charge is 2.14. The third-order valence-corrected chi connectivity index (χ3v) is 4.84. The van der Waals surface area contributed by atoms with Gasteiger partial charge in [0.05, 0.1) is 13.3 Å². The largest absolute Gasteiger partial charge is 0.497 e. The molecule has 0 heterocycles. The zero-order valence-electron chi connectivity index (χ0n) is 17.3. The predicted octanol–water partition coefficient (Wildman–Crippen LogP) is 4.12. The van der Waals surface area contributed by atoms with E-state index in [0.29, 0.717) is 19.0 Å². The smallest absolute Gasteiger partial charge is 0.335 e. The van der Waals surface area contributed by atoms with Crippen LogP contribution in [-0.4, -0.2) is 38.6 Å². The second-order valence-corrected chi connectivity index (χ2v) is 7.13. The standard InChI is InChI=1S/C23H29N3O4/c1-28-20-10-6-12-22(16-20)30-14-13-29-21-11-5-7-18(15-21)17-24-26-23(27)25-19-8-3-2-4-9-19/h5-7,10-12,15-17,19H,2-4,8-9,13-14H2,1H3,(H2,25,26,27)/b24-17+. The lowest BCUT2D eigenvalue weighted by molar-refractivity contribution is 0.216. The van der Waals surface area contributed by atoms with Gasteiger partial charge in [-0.1, -0.05) is 37.5 Å². The minimum Gasteiger partial charge on any atom is -0.497 e. The molecule has 1 fully saturated rings. The van der Waals surface area contributed by atoms with Gasteiger partial charge in [0.15, 0.2) is 0 Å². The van der Waals surface area contributed by atoms with E-state index in [1.54, 1.807) is 13.3 Å². The number of carbonyl (C=O) groups excluding carboxylic acids is 1. The SMILES string of the molecule is COc1cccc(OCCOc2cccc(/C=N/NC(=O)NC3CCCCC3)c2)c1. The van der Waals surface area contributed by atoms with Crippen molar-refractivity contribution in [2.24, 2.45) is 5.10 Å². The Kier molecular flexibility index (Phi) is 8.38. The Morgan fingerprint density at radius 3 is 2.40 bits per heavy atom. The molecular weight excluding hydrogens is 382 g/mol. The van der Waals surface area contributed by atoms with E-state index < -0.39 is 0 Å². The summed E-state index contributed by atoms with van der Waals surface area (Å²) in [5, 5.41) is 6.98. The van der Waals surface area contributed by atoms with Crippen molar-refractivity contribution >= 4 is 12.2 Å². The summed E-state index contributed by atoms with van der Waals surface area (Å²) in [6, 6.07) is 14.9. The first-order valence-electron chi connectivity index (χ1n) is 10.3. The van der Waals surface area contributed by atoms with E-state index in [9.17, 15) is 4.79 Å². The number of carbonyl (C=O) groups is 1. The second-order valence-electron chi connectivity index (χ2n) is 7.13. The average molecular weight is 412 g/mol. The summed E-state index contributed by atoms with van der Waals surface area (Å²) < 4.78 is 16.6. The fraction of sp³-hybridized carbons (Fsp3) is 0.391. The highest BCUT2D eigenvalue weighted by Crippen LogP contribution is 2.19. The van der Waals surface area contributed by atoms with Crippen LogP contribution >= 0.6 is 0 Å². The Morgan fingerprint density at radius 2 is 1.67 bits per heavy atom. The molecular formula is C23H29N3O4. The van der Waals surface area contributed by atoms with Crippen LogP contribution in [0.15, 0.2) is 53.6 Å². The lowest BCUT2D eigenvalue weighted by Gasteiger charge is -2.22. The van der Waals surface area contributed by atoms with Crippen LogP contribution in [0.25, 0.3) is 0 Å². The number of nitrogens with one attached hydrogen (secondary N) is 2. The number of hydrogen-bond donors (Lipinski definition) is 2. The van der Waals surface area contributed by atoms with Crippen LogP contribution in [0, 0.1) is 0 Å². The van der Waals surface area contributed by atoms with Crippen molar-refractivity contribution in [1.29, 1.82) is 0 Å². The molecule has 2 aromatic rings. The molecule has 0 bridgehead atoms. The van der Waals surface area contributed by atoms with Crippen molar-refractivity contribution in [3.63, 3.8) is 0 Å². The summed E-state index contributed by atoms with van der Waals surface area (Å²) >= 11 is 0. The highest BCUT2D eigenvalue weighted by atomic mass is 16.5. The highest BCUT2D eigenvalue weighted by molar-refractivity contribution is 5.82. The van der Waals surface area contributed by atoms with Crippen molar-refractivity contribution in [2.45, 2.75) is 38.1 Å². The van der Waals surface area contributed by atoms with Gasteiger partial charge in [-0.05, 0) is 42.7 Å². The summed E-state index contributed by atoms with van der Waals surface area (Å²) in [5.41, 5.74) is 3.36. The molecule has 7 nitrogen and oxygen atoms in total. The predicted molar refractivity (Wildman–Crippen MR) is 117 cm³/mol. The molecule has 0 unspecified atom stereocenters. The molecule has 0 radical (unpaired) electrons.